The van der Waals surface area contributed by atoms with Crippen LogP contribution in [0.15, 0.2) is 36.4 Å². The number of hydrogen-bond acceptors (Lipinski definition) is 2. The van der Waals surface area contributed by atoms with Crippen molar-refractivity contribution in [1.29, 1.82) is 0 Å². The highest BCUT2D eigenvalue weighted by Gasteiger charge is 2.36. The zero-order valence-electron chi connectivity index (χ0n) is 14.6. The van der Waals surface area contributed by atoms with Gasteiger partial charge in [0.1, 0.15) is 5.82 Å². The number of rotatable bonds is 3. The van der Waals surface area contributed by atoms with Gasteiger partial charge >= 0.3 is 0 Å². The third-order valence-electron chi connectivity index (χ3n) is 4.56. The highest BCUT2D eigenvalue weighted by molar-refractivity contribution is 6.04. The van der Waals surface area contributed by atoms with E-state index in [4.69, 9.17) is 0 Å². The molecule has 0 aromatic heterocycles. The van der Waals surface area contributed by atoms with Gasteiger partial charge in [-0.3, -0.25) is 9.59 Å². The Labute approximate surface area is 146 Å². The number of para-hydroxylation sites is 1. The Hall–Kier alpha value is -2.69. The minimum atomic E-state index is -0.493. The van der Waals surface area contributed by atoms with Crippen molar-refractivity contribution in [2.24, 2.45) is 5.92 Å². The Morgan fingerprint density at radius 2 is 1.80 bits per heavy atom. The molecule has 2 aromatic carbocycles. The molecular formula is C20H21FN2O2. The smallest absolute Gasteiger partial charge is 0.229 e. The van der Waals surface area contributed by atoms with Crippen molar-refractivity contribution in [3.63, 3.8) is 0 Å². The summed E-state index contributed by atoms with van der Waals surface area (Å²) < 4.78 is 13.9. The summed E-state index contributed by atoms with van der Waals surface area (Å²) in [6.07, 6.45) is 0.0874. The quantitative estimate of drug-likeness (QED) is 0.925. The third kappa shape index (κ3) is 3.40. The molecule has 5 heteroatoms. The first-order chi connectivity index (χ1) is 11.9. The first-order valence-corrected chi connectivity index (χ1v) is 8.30. The Kier molecular flexibility index (Phi) is 4.57. The van der Waals surface area contributed by atoms with Crippen molar-refractivity contribution >= 4 is 23.2 Å². The average Bonchev–Trinajstić information content (AvgIpc) is 2.93. The second-order valence-electron chi connectivity index (χ2n) is 6.62. The van der Waals surface area contributed by atoms with Gasteiger partial charge in [-0.1, -0.05) is 29.8 Å². The molecule has 130 valence electrons. The summed E-state index contributed by atoms with van der Waals surface area (Å²) >= 11 is 0. The van der Waals surface area contributed by atoms with E-state index in [-0.39, 0.29) is 30.5 Å². The molecule has 0 saturated carbocycles. The summed E-state index contributed by atoms with van der Waals surface area (Å²) in [6, 6.07) is 10.1. The van der Waals surface area contributed by atoms with E-state index >= 15 is 0 Å². The van der Waals surface area contributed by atoms with Crippen LogP contribution in [0.3, 0.4) is 0 Å². The topological polar surface area (TPSA) is 49.4 Å². The average molecular weight is 340 g/mol. The number of amides is 2. The second kappa shape index (κ2) is 6.67. The van der Waals surface area contributed by atoms with E-state index < -0.39 is 11.7 Å². The number of aryl methyl sites for hydroxylation is 3. The number of halogens is 1. The van der Waals surface area contributed by atoms with Gasteiger partial charge in [0.2, 0.25) is 11.8 Å². The zero-order chi connectivity index (χ0) is 18.1. The molecule has 0 unspecified atom stereocenters. The van der Waals surface area contributed by atoms with Gasteiger partial charge in [0, 0.05) is 18.7 Å². The molecule has 1 saturated heterocycles. The number of nitrogens with zero attached hydrogens (tertiary/aromatic N) is 1. The molecule has 2 aromatic rings. The van der Waals surface area contributed by atoms with Crippen molar-refractivity contribution in [2.75, 3.05) is 16.8 Å². The molecule has 3 rings (SSSR count). The zero-order valence-corrected chi connectivity index (χ0v) is 14.6. The summed E-state index contributed by atoms with van der Waals surface area (Å²) in [6.45, 7) is 6.09. The molecule has 1 heterocycles. The first kappa shape index (κ1) is 17.1. The lowest BCUT2D eigenvalue weighted by atomic mass is 10.0. The molecule has 0 spiro atoms. The monoisotopic (exact) mass is 340 g/mol. The maximum atomic E-state index is 13.9. The largest absolute Gasteiger partial charge is 0.325 e. The summed E-state index contributed by atoms with van der Waals surface area (Å²) in [5.41, 5.74) is 4.12. The molecule has 0 radical (unpaired) electrons. The molecule has 4 nitrogen and oxygen atoms in total. The number of benzene rings is 2. The molecular weight excluding hydrogens is 319 g/mol. The van der Waals surface area contributed by atoms with E-state index in [2.05, 4.69) is 5.32 Å². The predicted molar refractivity (Wildman–Crippen MR) is 96.1 cm³/mol. The number of carbonyl (C=O) groups is 2. The molecule has 25 heavy (non-hydrogen) atoms. The van der Waals surface area contributed by atoms with Gasteiger partial charge < -0.3 is 10.2 Å². The normalized spacial score (nSPS) is 17.0. The van der Waals surface area contributed by atoms with E-state index in [1.54, 1.807) is 18.2 Å². The lowest BCUT2D eigenvalue weighted by Gasteiger charge is -2.18. The Morgan fingerprint density at radius 3 is 2.44 bits per heavy atom. The van der Waals surface area contributed by atoms with Crippen molar-refractivity contribution in [3.8, 4) is 0 Å². The first-order valence-electron chi connectivity index (χ1n) is 8.30. The van der Waals surface area contributed by atoms with Gasteiger partial charge in [0.25, 0.3) is 0 Å². The van der Waals surface area contributed by atoms with Crippen molar-refractivity contribution in [3.05, 3.63) is 58.9 Å². The van der Waals surface area contributed by atoms with Crippen LogP contribution in [0.25, 0.3) is 0 Å². The summed E-state index contributed by atoms with van der Waals surface area (Å²) in [7, 11) is 0. The number of carbonyl (C=O) groups excluding carboxylic acids is 2. The molecule has 1 aliphatic rings. The molecule has 1 aliphatic heterocycles. The second-order valence-corrected chi connectivity index (χ2v) is 6.62. The van der Waals surface area contributed by atoms with Gasteiger partial charge in [-0.05, 0) is 44.0 Å². The van der Waals surface area contributed by atoms with Gasteiger partial charge in [-0.2, -0.15) is 0 Å². The summed E-state index contributed by atoms with van der Waals surface area (Å²) in [4.78, 5) is 26.2. The molecule has 0 bridgehead atoms. The van der Waals surface area contributed by atoms with Crippen LogP contribution in [0, 0.1) is 32.5 Å². The molecule has 1 atom stereocenters. The maximum Gasteiger partial charge on any atom is 0.229 e. The fourth-order valence-corrected chi connectivity index (χ4v) is 3.39. The van der Waals surface area contributed by atoms with E-state index in [9.17, 15) is 14.0 Å². The van der Waals surface area contributed by atoms with E-state index in [0.717, 1.165) is 22.4 Å². The van der Waals surface area contributed by atoms with Crippen LogP contribution in [0.5, 0.6) is 0 Å². The Bertz CT molecular complexity index is 824. The minimum Gasteiger partial charge on any atom is -0.325 e. The van der Waals surface area contributed by atoms with Crippen molar-refractivity contribution in [1.82, 2.24) is 0 Å². The Morgan fingerprint density at radius 1 is 1.16 bits per heavy atom. The third-order valence-corrected chi connectivity index (χ3v) is 4.56. The highest BCUT2D eigenvalue weighted by atomic mass is 19.1. The van der Waals surface area contributed by atoms with Crippen LogP contribution in [-0.4, -0.2) is 18.4 Å². The van der Waals surface area contributed by atoms with E-state index in [0.29, 0.717) is 0 Å². The van der Waals surface area contributed by atoms with Crippen molar-refractivity contribution in [2.45, 2.75) is 27.2 Å². The van der Waals surface area contributed by atoms with Crippen LogP contribution < -0.4 is 10.2 Å². The van der Waals surface area contributed by atoms with E-state index in [1.807, 2.05) is 32.9 Å². The van der Waals surface area contributed by atoms with Gasteiger partial charge in [0.05, 0.1) is 11.6 Å². The van der Waals surface area contributed by atoms with Crippen LogP contribution >= 0.6 is 0 Å². The van der Waals surface area contributed by atoms with Crippen LogP contribution in [0.2, 0.25) is 0 Å². The maximum absolute atomic E-state index is 13.9. The standard InChI is InChI=1S/C20H21FN2O2/c1-12-8-13(2)19(14(3)9-12)22-20(25)15-10-18(24)23(11-15)17-7-5-4-6-16(17)21/h4-9,15H,10-11H2,1-3H3,(H,22,25)/t15-/m0/s1. The van der Waals surface area contributed by atoms with Crippen LogP contribution in [0.1, 0.15) is 23.1 Å². The molecule has 1 N–H and O–H groups in total. The molecule has 0 aliphatic carbocycles. The number of nitrogens with one attached hydrogen (secondary N) is 1. The van der Waals surface area contributed by atoms with Crippen LogP contribution in [0.4, 0.5) is 15.8 Å². The summed E-state index contributed by atoms with van der Waals surface area (Å²) in [5.74, 6) is -1.39. The Balaban J connectivity index is 1.77. The highest BCUT2D eigenvalue weighted by Crippen LogP contribution is 2.29. The SMILES string of the molecule is Cc1cc(C)c(NC(=O)[C@H]2CC(=O)N(c3ccccc3F)C2)c(C)c1. The number of anilines is 2. The molecule has 1 fully saturated rings. The minimum absolute atomic E-state index is 0.0874. The summed E-state index contributed by atoms with van der Waals surface area (Å²) in [5, 5.41) is 2.94. The van der Waals surface area contributed by atoms with Gasteiger partial charge in [-0.15, -0.1) is 0 Å². The van der Waals surface area contributed by atoms with Crippen LogP contribution in [-0.2, 0) is 9.59 Å². The van der Waals surface area contributed by atoms with Gasteiger partial charge in [-0.25, -0.2) is 4.39 Å². The fourth-order valence-electron chi connectivity index (χ4n) is 3.39. The predicted octanol–water partition coefficient (Wildman–Crippen LogP) is 3.74. The van der Waals surface area contributed by atoms with Crippen molar-refractivity contribution < 1.29 is 14.0 Å². The molecule has 2 amide bonds. The van der Waals surface area contributed by atoms with E-state index in [1.165, 1.54) is 11.0 Å². The fraction of sp³-hybridized carbons (Fsp3) is 0.300. The van der Waals surface area contributed by atoms with Gasteiger partial charge in [0.15, 0.2) is 0 Å². The lowest BCUT2D eigenvalue weighted by Crippen LogP contribution is -2.29. The number of hydrogen-bond donors (Lipinski definition) is 1. The lowest BCUT2D eigenvalue weighted by molar-refractivity contribution is -0.122.